The van der Waals surface area contributed by atoms with Crippen LogP contribution in [-0.2, 0) is 4.74 Å². The Kier molecular flexibility index (Phi) is 10.2. The molecule has 0 aromatic heterocycles. The molecule has 0 atom stereocenters. The molecule has 0 aromatic rings. The molecule has 0 amide bonds. The highest BCUT2D eigenvalue weighted by molar-refractivity contribution is 4.72. The average Bonchev–Trinajstić information content (AvgIpc) is 2.23. The standard InChI is InChI=1S/C14H28N2O/c1-13(2)6-10-17-11-9-16(8-5-7-15)12-14(3)4/h13-14H,5-6,8-12H2,1-4H3. The van der Waals surface area contributed by atoms with Crippen LogP contribution in [0.3, 0.4) is 0 Å². The van der Waals surface area contributed by atoms with E-state index < -0.39 is 0 Å². The highest BCUT2D eigenvalue weighted by Crippen LogP contribution is 2.01. The van der Waals surface area contributed by atoms with Crippen molar-refractivity contribution in [3.63, 3.8) is 0 Å². The first-order valence-corrected chi connectivity index (χ1v) is 6.73. The van der Waals surface area contributed by atoms with Gasteiger partial charge in [-0.25, -0.2) is 0 Å². The molecule has 0 radical (unpaired) electrons. The first kappa shape index (κ1) is 16.4. The molecule has 0 aromatic carbocycles. The molecule has 0 bridgehead atoms. The Labute approximate surface area is 107 Å². The smallest absolute Gasteiger partial charge is 0.0635 e. The molecule has 0 aliphatic rings. The fourth-order valence-corrected chi connectivity index (χ4v) is 1.63. The Bertz CT molecular complexity index is 209. The van der Waals surface area contributed by atoms with Crippen LogP contribution < -0.4 is 0 Å². The van der Waals surface area contributed by atoms with Gasteiger partial charge in [-0.15, -0.1) is 0 Å². The van der Waals surface area contributed by atoms with Crippen molar-refractivity contribution in [3.8, 4) is 6.07 Å². The Morgan fingerprint density at radius 3 is 2.29 bits per heavy atom. The lowest BCUT2D eigenvalue weighted by Gasteiger charge is -2.23. The molecular formula is C14H28N2O. The predicted molar refractivity (Wildman–Crippen MR) is 71.8 cm³/mol. The molecule has 0 saturated carbocycles. The van der Waals surface area contributed by atoms with Crippen molar-refractivity contribution >= 4 is 0 Å². The molecule has 0 spiro atoms. The maximum absolute atomic E-state index is 8.61. The fourth-order valence-electron chi connectivity index (χ4n) is 1.63. The van der Waals surface area contributed by atoms with Gasteiger partial charge in [-0.3, -0.25) is 4.90 Å². The average molecular weight is 240 g/mol. The molecule has 0 unspecified atom stereocenters. The molecule has 0 aliphatic heterocycles. The molecule has 17 heavy (non-hydrogen) atoms. The van der Waals surface area contributed by atoms with E-state index in [1.807, 2.05) is 0 Å². The van der Waals surface area contributed by atoms with Crippen molar-refractivity contribution in [3.05, 3.63) is 0 Å². The lowest BCUT2D eigenvalue weighted by Crippen LogP contribution is -2.32. The van der Waals surface area contributed by atoms with Crippen molar-refractivity contribution < 1.29 is 4.74 Å². The minimum Gasteiger partial charge on any atom is -0.380 e. The van der Waals surface area contributed by atoms with E-state index >= 15 is 0 Å². The number of hydrogen-bond acceptors (Lipinski definition) is 3. The summed E-state index contributed by atoms with van der Waals surface area (Å²) in [5, 5.41) is 8.61. The third-order valence-electron chi connectivity index (χ3n) is 2.55. The van der Waals surface area contributed by atoms with Gasteiger partial charge in [-0.2, -0.15) is 5.26 Å². The zero-order chi connectivity index (χ0) is 13.1. The predicted octanol–water partition coefficient (Wildman–Crippen LogP) is 2.92. The van der Waals surface area contributed by atoms with Gasteiger partial charge in [-0.05, 0) is 18.3 Å². The number of nitrogens with zero attached hydrogens (tertiary/aromatic N) is 2. The summed E-state index contributed by atoms with van der Waals surface area (Å²) < 4.78 is 5.61. The molecule has 0 aliphatic carbocycles. The second-order valence-corrected chi connectivity index (χ2v) is 5.40. The maximum atomic E-state index is 8.61. The summed E-state index contributed by atoms with van der Waals surface area (Å²) in [6.45, 7) is 13.3. The lowest BCUT2D eigenvalue weighted by atomic mass is 10.1. The van der Waals surface area contributed by atoms with Crippen LogP contribution in [0.5, 0.6) is 0 Å². The van der Waals surface area contributed by atoms with Crippen molar-refractivity contribution in [1.82, 2.24) is 4.90 Å². The molecule has 0 rings (SSSR count). The van der Waals surface area contributed by atoms with Crippen LogP contribution in [0.1, 0.15) is 40.5 Å². The lowest BCUT2D eigenvalue weighted by molar-refractivity contribution is 0.0930. The normalized spacial score (nSPS) is 11.4. The van der Waals surface area contributed by atoms with E-state index in [-0.39, 0.29) is 0 Å². The first-order chi connectivity index (χ1) is 8.06. The van der Waals surface area contributed by atoms with E-state index in [9.17, 15) is 0 Å². The second kappa shape index (κ2) is 10.6. The zero-order valence-corrected chi connectivity index (χ0v) is 11.9. The van der Waals surface area contributed by atoms with Crippen molar-refractivity contribution in [1.29, 1.82) is 5.26 Å². The van der Waals surface area contributed by atoms with Gasteiger partial charge in [0, 0.05) is 32.7 Å². The van der Waals surface area contributed by atoms with Crippen LogP contribution >= 0.6 is 0 Å². The van der Waals surface area contributed by atoms with Crippen molar-refractivity contribution in [2.24, 2.45) is 11.8 Å². The van der Waals surface area contributed by atoms with Gasteiger partial charge in [0.2, 0.25) is 0 Å². The van der Waals surface area contributed by atoms with Crippen LogP contribution in [0.25, 0.3) is 0 Å². The Morgan fingerprint density at radius 1 is 1.06 bits per heavy atom. The summed E-state index contributed by atoms with van der Waals surface area (Å²) in [5.74, 6) is 1.35. The highest BCUT2D eigenvalue weighted by Gasteiger charge is 2.06. The Hall–Kier alpha value is -0.590. The van der Waals surface area contributed by atoms with Gasteiger partial charge in [0.15, 0.2) is 0 Å². The molecule has 0 fully saturated rings. The minimum atomic E-state index is 0.610. The molecule has 100 valence electrons. The van der Waals surface area contributed by atoms with Crippen LogP contribution in [0, 0.1) is 23.2 Å². The van der Waals surface area contributed by atoms with E-state index in [0.29, 0.717) is 18.3 Å². The molecule has 3 heteroatoms. The summed E-state index contributed by atoms with van der Waals surface area (Å²) >= 11 is 0. The molecule has 0 heterocycles. The summed E-state index contributed by atoms with van der Waals surface area (Å²) in [6.07, 6.45) is 1.74. The second-order valence-electron chi connectivity index (χ2n) is 5.40. The molecule has 0 N–H and O–H groups in total. The quantitative estimate of drug-likeness (QED) is 0.551. The van der Waals surface area contributed by atoms with Gasteiger partial charge in [0.25, 0.3) is 0 Å². The molecule has 0 saturated heterocycles. The highest BCUT2D eigenvalue weighted by atomic mass is 16.5. The maximum Gasteiger partial charge on any atom is 0.0635 e. The number of hydrogen-bond donors (Lipinski definition) is 0. The van der Waals surface area contributed by atoms with Gasteiger partial charge in [0.1, 0.15) is 0 Å². The Morgan fingerprint density at radius 2 is 1.76 bits per heavy atom. The van der Waals surface area contributed by atoms with E-state index in [4.69, 9.17) is 10.00 Å². The first-order valence-electron chi connectivity index (χ1n) is 6.73. The zero-order valence-electron chi connectivity index (χ0n) is 11.9. The summed E-state index contributed by atoms with van der Waals surface area (Å²) in [4.78, 5) is 2.32. The van der Waals surface area contributed by atoms with Crippen LogP contribution in [0.4, 0.5) is 0 Å². The summed E-state index contributed by atoms with van der Waals surface area (Å²) in [6, 6.07) is 2.21. The fraction of sp³-hybridized carbons (Fsp3) is 0.929. The topological polar surface area (TPSA) is 36.3 Å². The van der Waals surface area contributed by atoms with Crippen LogP contribution in [0.2, 0.25) is 0 Å². The van der Waals surface area contributed by atoms with Gasteiger partial charge < -0.3 is 4.74 Å². The van der Waals surface area contributed by atoms with Crippen LogP contribution in [-0.4, -0.2) is 37.7 Å². The summed E-state index contributed by atoms with van der Waals surface area (Å²) in [5.41, 5.74) is 0. The number of nitriles is 1. The number of ether oxygens (including phenoxy) is 1. The SMILES string of the molecule is CC(C)CCOCCN(CCC#N)CC(C)C. The van der Waals surface area contributed by atoms with Gasteiger partial charge >= 0.3 is 0 Å². The van der Waals surface area contributed by atoms with E-state index in [1.54, 1.807) is 0 Å². The Balaban J connectivity index is 3.64. The van der Waals surface area contributed by atoms with E-state index in [2.05, 4.69) is 38.7 Å². The summed E-state index contributed by atoms with van der Waals surface area (Å²) in [7, 11) is 0. The monoisotopic (exact) mass is 240 g/mol. The van der Waals surface area contributed by atoms with E-state index in [0.717, 1.165) is 39.3 Å². The third-order valence-corrected chi connectivity index (χ3v) is 2.55. The molecular weight excluding hydrogens is 212 g/mol. The van der Waals surface area contributed by atoms with Crippen LogP contribution in [0.15, 0.2) is 0 Å². The number of rotatable bonds is 10. The minimum absolute atomic E-state index is 0.610. The van der Waals surface area contributed by atoms with Gasteiger partial charge in [-0.1, -0.05) is 27.7 Å². The van der Waals surface area contributed by atoms with Crippen molar-refractivity contribution in [2.75, 3.05) is 32.8 Å². The van der Waals surface area contributed by atoms with Crippen molar-refractivity contribution in [2.45, 2.75) is 40.5 Å². The van der Waals surface area contributed by atoms with E-state index in [1.165, 1.54) is 0 Å². The third kappa shape index (κ3) is 11.7. The molecule has 3 nitrogen and oxygen atoms in total. The largest absolute Gasteiger partial charge is 0.380 e. The van der Waals surface area contributed by atoms with Gasteiger partial charge in [0.05, 0.1) is 12.7 Å².